The maximum atomic E-state index is 12.6. The number of anilines is 1. The molecule has 0 aliphatic rings. The summed E-state index contributed by atoms with van der Waals surface area (Å²) in [7, 11) is 0. The highest BCUT2D eigenvalue weighted by Crippen LogP contribution is 2.28. The van der Waals surface area contributed by atoms with Crippen molar-refractivity contribution in [3.63, 3.8) is 0 Å². The predicted molar refractivity (Wildman–Crippen MR) is 122 cm³/mol. The quantitative estimate of drug-likeness (QED) is 0.346. The Morgan fingerprint density at radius 2 is 1.87 bits per heavy atom. The highest BCUT2D eigenvalue weighted by molar-refractivity contribution is 8.00. The van der Waals surface area contributed by atoms with Crippen molar-refractivity contribution in [2.24, 2.45) is 0 Å². The number of para-hydroxylation sites is 1. The van der Waals surface area contributed by atoms with Crippen LogP contribution in [0.2, 0.25) is 5.02 Å². The van der Waals surface area contributed by atoms with E-state index >= 15 is 0 Å². The van der Waals surface area contributed by atoms with Crippen molar-refractivity contribution in [1.82, 2.24) is 19.7 Å². The van der Waals surface area contributed by atoms with E-state index in [0.717, 1.165) is 27.9 Å². The van der Waals surface area contributed by atoms with Gasteiger partial charge < -0.3 is 5.32 Å². The first-order valence-electron chi connectivity index (χ1n) is 9.38. The lowest BCUT2D eigenvalue weighted by Gasteiger charge is -2.12. The predicted octanol–water partition coefficient (Wildman–Crippen LogP) is 5.12. The van der Waals surface area contributed by atoms with Crippen molar-refractivity contribution in [3.8, 4) is 5.69 Å². The van der Waals surface area contributed by atoms with Crippen LogP contribution in [0.25, 0.3) is 16.7 Å². The second-order valence-electron chi connectivity index (χ2n) is 7.03. The monoisotopic (exact) mass is 437 g/mol. The molecule has 4 rings (SSSR count). The Hall–Kier alpha value is -2.90. The summed E-state index contributed by atoms with van der Waals surface area (Å²) in [4.78, 5) is 21.3. The lowest BCUT2D eigenvalue weighted by molar-refractivity contribution is -0.113. The molecule has 2 aromatic heterocycles. The van der Waals surface area contributed by atoms with Crippen LogP contribution in [0.5, 0.6) is 0 Å². The third-order valence-electron chi connectivity index (χ3n) is 4.69. The molecule has 2 aromatic carbocycles. The molecule has 0 spiro atoms. The van der Waals surface area contributed by atoms with E-state index in [1.54, 1.807) is 16.9 Å². The third-order valence-corrected chi connectivity index (χ3v) is 6.02. The minimum atomic E-state index is -0.0830. The second kappa shape index (κ2) is 8.45. The first-order valence-corrected chi connectivity index (χ1v) is 10.7. The fraction of sp³-hybridized carbons (Fsp3) is 0.182. The Labute approximate surface area is 183 Å². The topological polar surface area (TPSA) is 72.7 Å². The van der Waals surface area contributed by atoms with Crippen LogP contribution in [0.4, 0.5) is 5.69 Å². The Balaban J connectivity index is 1.54. The van der Waals surface area contributed by atoms with Gasteiger partial charge in [0.2, 0.25) is 5.91 Å². The fourth-order valence-corrected chi connectivity index (χ4v) is 4.40. The highest BCUT2D eigenvalue weighted by atomic mass is 35.5. The molecule has 8 heteroatoms. The molecule has 0 saturated carbocycles. The number of thioether (sulfide) groups is 1. The number of carbonyl (C=O) groups is 1. The smallest absolute Gasteiger partial charge is 0.234 e. The minimum absolute atomic E-state index is 0.0830. The maximum Gasteiger partial charge on any atom is 0.234 e. The molecule has 1 N–H and O–H groups in total. The number of fused-ring (bicyclic) bond motifs is 1. The molecule has 152 valence electrons. The highest BCUT2D eigenvalue weighted by Gasteiger charge is 2.15. The van der Waals surface area contributed by atoms with Crippen molar-refractivity contribution < 1.29 is 4.79 Å². The number of hydrogen-bond acceptors (Lipinski definition) is 5. The SMILES string of the molecule is Cc1cc(C)c(NC(=O)CSc2ncnc3c2cnn3-c2ccccc2Cl)c(C)c1. The molecule has 6 nitrogen and oxygen atoms in total. The maximum absolute atomic E-state index is 12.6. The summed E-state index contributed by atoms with van der Waals surface area (Å²) in [6.45, 7) is 6.05. The van der Waals surface area contributed by atoms with E-state index in [1.165, 1.54) is 23.7 Å². The Morgan fingerprint density at radius 1 is 1.13 bits per heavy atom. The first kappa shape index (κ1) is 20.4. The van der Waals surface area contributed by atoms with Crippen molar-refractivity contribution in [2.45, 2.75) is 25.8 Å². The lowest BCUT2D eigenvalue weighted by Crippen LogP contribution is -2.16. The van der Waals surface area contributed by atoms with Gasteiger partial charge in [-0.05, 0) is 44.0 Å². The van der Waals surface area contributed by atoms with Gasteiger partial charge in [-0.1, -0.05) is 53.2 Å². The van der Waals surface area contributed by atoms with E-state index in [2.05, 4.69) is 32.5 Å². The van der Waals surface area contributed by atoms with Gasteiger partial charge >= 0.3 is 0 Å². The molecule has 0 atom stereocenters. The third kappa shape index (κ3) is 4.04. The summed E-state index contributed by atoms with van der Waals surface area (Å²) < 4.78 is 1.68. The number of hydrogen-bond donors (Lipinski definition) is 1. The van der Waals surface area contributed by atoms with Crippen LogP contribution in [-0.2, 0) is 4.79 Å². The Bertz CT molecular complexity index is 1230. The van der Waals surface area contributed by atoms with Crippen molar-refractivity contribution in [2.75, 3.05) is 11.1 Å². The normalized spacial score (nSPS) is 11.1. The van der Waals surface area contributed by atoms with Crippen LogP contribution in [0.1, 0.15) is 16.7 Å². The number of aromatic nitrogens is 4. The molecule has 0 fully saturated rings. The summed E-state index contributed by atoms with van der Waals surface area (Å²) in [5.41, 5.74) is 5.53. The minimum Gasteiger partial charge on any atom is -0.325 e. The van der Waals surface area contributed by atoms with Gasteiger partial charge in [0, 0.05) is 5.69 Å². The second-order valence-corrected chi connectivity index (χ2v) is 8.41. The van der Waals surface area contributed by atoms with Crippen LogP contribution in [0.15, 0.2) is 53.9 Å². The molecular weight excluding hydrogens is 418 g/mol. The molecule has 0 saturated heterocycles. The Kier molecular flexibility index (Phi) is 5.74. The van der Waals surface area contributed by atoms with Crippen molar-refractivity contribution in [3.05, 3.63) is 70.6 Å². The molecule has 0 aliphatic heterocycles. The zero-order valence-corrected chi connectivity index (χ0v) is 18.4. The average Bonchev–Trinajstić information content (AvgIpc) is 3.14. The van der Waals surface area contributed by atoms with Crippen molar-refractivity contribution >= 4 is 46.0 Å². The van der Waals surface area contributed by atoms with E-state index in [9.17, 15) is 4.79 Å². The largest absolute Gasteiger partial charge is 0.325 e. The molecule has 0 aliphatic carbocycles. The molecule has 0 radical (unpaired) electrons. The summed E-state index contributed by atoms with van der Waals surface area (Å²) in [6.07, 6.45) is 3.18. The number of benzene rings is 2. The van der Waals surface area contributed by atoms with Gasteiger partial charge in [-0.25, -0.2) is 14.6 Å². The summed E-state index contributed by atoms with van der Waals surface area (Å²) in [5, 5.41) is 9.51. The van der Waals surface area contributed by atoms with E-state index in [0.29, 0.717) is 15.7 Å². The summed E-state index contributed by atoms with van der Waals surface area (Å²) in [6, 6.07) is 11.6. The average molecular weight is 438 g/mol. The van der Waals surface area contributed by atoms with Crippen LogP contribution >= 0.6 is 23.4 Å². The van der Waals surface area contributed by atoms with Crippen LogP contribution in [0.3, 0.4) is 0 Å². The van der Waals surface area contributed by atoms with Gasteiger partial charge in [0.1, 0.15) is 11.4 Å². The van der Waals surface area contributed by atoms with E-state index in [-0.39, 0.29) is 11.7 Å². The van der Waals surface area contributed by atoms with E-state index in [4.69, 9.17) is 11.6 Å². The van der Waals surface area contributed by atoms with E-state index in [1.807, 2.05) is 39.0 Å². The number of halogens is 1. The van der Waals surface area contributed by atoms with Gasteiger partial charge in [0.25, 0.3) is 0 Å². The molecule has 4 aromatic rings. The van der Waals surface area contributed by atoms with Gasteiger partial charge in [0.05, 0.1) is 28.0 Å². The fourth-order valence-electron chi connectivity index (χ4n) is 3.42. The zero-order chi connectivity index (χ0) is 21.3. The van der Waals surface area contributed by atoms with Crippen LogP contribution in [-0.4, -0.2) is 31.4 Å². The van der Waals surface area contributed by atoms with Gasteiger partial charge in [-0.15, -0.1) is 0 Å². The summed E-state index contributed by atoms with van der Waals surface area (Å²) >= 11 is 7.66. The van der Waals surface area contributed by atoms with Crippen molar-refractivity contribution in [1.29, 1.82) is 0 Å². The van der Waals surface area contributed by atoms with Gasteiger partial charge in [-0.2, -0.15) is 5.10 Å². The molecule has 30 heavy (non-hydrogen) atoms. The number of nitrogens with one attached hydrogen (secondary N) is 1. The Morgan fingerprint density at radius 3 is 2.60 bits per heavy atom. The molecule has 0 unspecified atom stereocenters. The molecule has 0 bridgehead atoms. The van der Waals surface area contributed by atoms with Gasteiger partial charge in [0.15, 0.2) is 5.65 Å². The number of amides is 1. The zero-order valence-electron chi connectivity index (χ0n) is 16.8. The first-order chi connectivity index (χ1) is 14.4. The number of nitrogens with zero attached hydrogens (tertiary/aromatic N) is 4. The lowest BCUT2D eigenvalue weighted by atomic mass is 10.1. The van der Waals surface area contributed by atoms with Crippen LogP contribution in [0, 0.1) is 20.8 Å². The number of carbonyl (C=O) groups excluding carboxylic acids is 1. The number of aryl methyl sites for hydroxylation is 3. The molecule has 2 heterocycles. The molecular formula is C22H20ClN5OS. The standard InChI is InChI=1S/C22H20ClN5OS/c1-13-8-14(2)20(15(3)9-13)27-19(29)11-30-22-16-10-26-28(21(16)24-12-25-22)18-7-5-4-6-17(18)23/h4-10,12H,11H2,1-3H3,(H,27,29). The van der Waals surface area contributed by atoms with Gasteiger partial charge in [-0.3, -0.25) is 4.79 Å². The summed E-state index contributed by atoms with van der Waals surface area (Å²) in [5.74, 6) is 0.149. The number of rotatable bonds is 5. The van der Waals surface area contributed by atoms with Crippen LogP contribution < -0.4 is 5.32 Å². The van der Waals surface area contributed by atoms with E-state index < -0.39 is 0 Å². The molecule has 1 amide bonds.